The first-order chi connectivity index (χ1) is 15.2. The molecule has 1 amide bonds. The van der Waals surface area contributed by atoms with Crippen LogP contribution in [0, 0.1) is 19.8 Å². The van der Waals surface area contributed by atoms with Crippen molar-refractivity contribution in [1.29, 1.82) is 0 Å². The van der Waals surface area contributed by atoms with Gasteiger partial charge >= 0.3 is 0 Å². The average Bonchev–Trinajstić information content (AvgIpc) is 3.34. The van der Waals surface area contributed by atoms with Crippen molar-refractivity contribution in [3.8, 4) is 0 Å². The Labute approximate surface area is 190 Å². The monoisotopic (exact) mass is 436 g/mol. The van der Waals surface area contributed by atoms with E-state index in [0.717, 1.165) is 66.9 Å². The highest BCUT2D eigenvalue weighted by Crippen LogP contribution is 2.36. The molecule has 2 N–H and O–H groups in total. The molecule has 3 heterocycles. The van der Waals surface area contributed by atoms with Gasteiger partial charge in [0.05, 0.1) is 11.4 Å². The van der Waals surface area contributed by atoms with Crippen LogP contribution in [-0.2, 0) is 16.6 Å². The van der Waals surface area contributed by atoms with Crippen molar-refractivity contribution in [2.45, 2.75) is 84.5 Å². The molecule has 0 unspecified atom stereocenters. The van der Waals surface area contributed by atoms with E-state index < -0.39 is 0 Å². The van der Waals surface area contributed by atoms with E-state index in [0.29, 0.717) is 18.3 Å². The molecule has 1 aliphatic carbocycles. The number of nitrogens with zero attached hydrogens (tertiary/aromatic N) is 4. The third kappa shape index (κ3) is 4.87. The SMILES string of the molecule is Cc1n[nH]c(C)c1CCC(=O)NCC1CCC(c2ccnc3cc(C(C)(C)C)nn23)CC1. The van der Waals surface area contributed by atoms with E-state index in [-0.39, 0.29) is 11.3 Å². The minimum absolute atomic E-state index is 0.00976. The van der Waals surface area contributed by atoms with Gasteiger partial charge in [0.25, 0.3) is 0 Å². The normalized spacial score (nSPS) is 19.4. The number of carbonyl (C=O) groups excluding carboxylic acids is 1. The molecule has 0 aromatic carbocycles. The summed E-state index contributed by atoms with van der Waals surface area (Å²) >= 11 is 0. The molecule has 0 aliphatic heterocycles. The van der Waals surface area contributed by atoms with E-state index in [9.17, 15) is 4.79 Å². The second kappa shape index (κ2) is 9.04. The Morgan fingerprint density at radius 1 is 1.22 bits per heavy atom. The lowest BCUT2D eigenvalue weighted by Gasteiger charge is -2.29. The summed E-state index contributed by atoms with van der Waals surface area (Å²) in [6, 6.07) is 4.23. The molecule has 172 valence electrons. The topological polar surface area (TPSA) is 88.0 Å². The zero-order chi connectivity index (χ0) is 22.9. The molecule has 0 saturated heterocycles. The number of amides is 1. The van der Waals surface area contributed by atoms with E-state index in [1.54, 1.807) is 0 Å². The predicted molar refractivity (Wildman–Crippen MR) is 126 cm³/mol. The molecule has 1 saturated carbocycles. The molecular weight excluding hydrogens is 400 g/mol. The summed E-state index contributed by atoms with van der Waals surface area (Å²) in [7, 11) is 0. The molecule has 3 aromatic heterocycles. The molecule has 1 aliphatic rings. The van der Waals surface area contributed by atoms with Crippen LogP contribution in [0.5, 0.6) is 0 Å². The van der Waals surface area contributed by atoms with Gasteiger partial charge in [-0.3, -0.25) is 9.89 Å². The molecule has 0 spiro atoms. The number of hydrogen-bond acceptors (Lipinski definition) is 4. The maximum absolute atomic E-state index is 12.4. The number of nitrogens with one attached hydrogen (secondary N) is 2. The fourth-order valence-electron chi connectivity index (χ4n) is 4.78. The summed E-state index contributed by atoms with van der Waals surface area (Å²) in [4.78, 5) is 16.9. The van der Waals surface area contributed by atoms with Gasteiger partial charge in [-0.05, 0) is 63.5 Å². The first-order valence-corrected chi connectivity index (χ1v) is 11.8. The lowest BCUT2D eigenvalue weighted by Crippen LogP contribution is -2.31. The van der Waals surface area contributed by atoms with Gasteiger partial charge in [0.15, 0.2) is 5.65 Å². The zero-order valence-corrected chi connectivity index (χ0v) is 20.0. The van der Waals surface area contributed by atoms with Gasteiger partial charge in [-0.2, -0.15) is 10.2 Å². The average molecular weight is 437 g/mol. The number of rotatable bonds is 6. The summed E-state index contributed by atoms with van der Waals surface area (Å²) in [5, 5.41) is 15.2. The molecule has 0 atom stereocenters. The lowest BCUT2D eigenvalue weighted by molar-refractivity contribution is -0.121. The molecule has 1 fully saturated rings. The van der Waals surface area contributed by atoms with Crippen LogP contribution in [0.3, 0.4) is 0 Å². The summed E-state index contributed by atoms with van der Waals surface area (Å²) in [6.45, 7) is 11.3. The Hall–Kier alpha value is -2.70. The van der Waals surface area contributed by atoms with Crippen molar-refractivity contribution in [3.05, 3.63) is 46.7 Å². The second-order valence-corrected chi connectivity index (χ2v) is 10.4. The third-order valence-electron chi connectivity index (χ3n) is 6.89. The van der Waals surface area contributed by atoms with Gasteiger partial charge in [0, 0.05) is 47.9 Å². The van der Waals surface area contributed by atoms with E-state index in [2.05, 4.69) is 53.4 Å². The van der Waals surface area contributed by atoms with Crippen LogP contribution in [0.25, 0.3) is 5.65 Å². The van der Waals surface area contributed by atoms with E-state index in [1.165, 1.54) is 5.69 Å². The van der Waals surface area contributed by atoms with Crippen LogP contribution in [0.15, 0.2) is 18.3 Å². The minimum Gasteiger partial charge on any atom is -0.356 e. The maximum Gasteiger partial charge on any atom is 0.220 e. The van der Waals surface area contributed by atoms with Gasteiger partial charge in [-0.25, -0.2) is 9.50 Å². The number of fused-ring (bicyclic) bond motifs is 1. The first kappa shape index (κ1) is 22.5. The Kier molecular flexibility index (Phi) is 6.35. The van der Waals surface area contributed by atoms with Crippen LogP contribution in [-0.4, -0.2) is 37.2 Å². The van der Waals surface area contributed by atoms with E-state index in [1.807, 2.05) is 24.6 Å². The maximum atomic E-state index is 12.4. The van der Waals surface area contributed by atoms with Crippen molar-refractivity contribution in [2.75, 3.05) is 6.54 Å². The molecule has 3 aromatic rings. The Morgan fingerprint density at radius 2 is 1.97 bits per heavy atom. The molecular formula is C25H36N6O. The van der Waals surface area contributed by atoms with Crippen LogP contribution in [0.1, 0.15) is 87.1 Å². The van der Waals surface area contributed by atoms with E-state index >= 15 is 0 Å². The van der Waals surface area contributed by atoms with Gasteiger partial charge in [-0.1, -0.05) is 20.8 Å². The first-order valence-electron chi connectivity index (χ1n) is 11.8. The molecule has 4 rings (SSSR count). The molecule has 0 bridgehead atoms. The number of aromatic nitrogens is 5. The fraction of sp³-hybridized carbons (Fsp3) is 0.600. The minimum atomic E-state index is 0.00976. The molecule has 32 heavy (non-hydrogen) atoms. The smallest absolute Gasteiger partial charge is 0.220 e. The second-order valence-electron chi connectivity index (χ2n) is 10.4. The number of aromatic amines is 1. The number of aryl methyl sites for hydroxylation is 2. The van der Waals surface area contributed by atoms with Crippen molar-refractivity contribution in [2.24, 2.45) is 5.92 Å². The Morgan fingerprint density at radius 3 is 2.62 bits per heavy atom. The van der Waals surface area contributed by atoms with Crippen molar-refractivity contribution in [1.82, 2.24) is 30.1 Å². The van der Waals surface area contributed by atoms with Gasteiger partial charge in [0.2, 0.25) is 5.91 Å². The lowest BCUT2D eigenvalue weighted by atomic mass is 9.80. The van der Waals surface area contributed by atoms with Crippen LogP contribution >= 0.6 is 0 Å². The molecule has 7 heteroatoms. The van der Waals surface area contributed by atoms with Gasteiger partial charge in [-0.15, -0.1) is 0 Å². The number of carbonyl (C=O) groups is 1. The summed E-state index contributed by atoms with van der Waals surface area (Å²) < 4.78 is 2.05. The highest BCUT2D eigenvalue weighted by Gasteiger charge is 2.26. The van der Waals surface area contributed by atoms with Gasteiger partial charge in [0.1, 0.15) is 0 Å². The molecule has 7 nitrogen and oxygen atoms in total. The zero-order valence-electron chi connectivity index (χ0n) is 20.0. The number of H-pyrrole nitrogens is 1. The number of hydrogen-bond donors (Lipinski definition) is 2. The summed E-state index contributed by atoms with van der Waals surface area (Å²) in [5.41, 5.74) is 6.50. The Balaban J connectivity index is 1.29. The molecule has 0 radical (unpaired) electrons. The quantitative estimate of drug-likeness (QED) is 0.600. The van der Waals surface area contributed by atoms with Crippen molar-refractivity contribution >= 4 is 11.6 Å². The third-order valence-corrected chi connectivity index (χ3v) is 6.89. The Bertz CT molecular complexity index is 1060. The van der Waals surface area contributed by atoms with Crippen molar-refractivity contribution < 1.29 is 4.79 Å². The largest absolute Gasteiger partial charge is 0.356 e. The van der Waals surface area contributed by atoms with Crippen LogP contribution in [0.2, 0.25) is 0 Å². The standard InChI is InChI=1S/C25H36N6O/c1-16-20(17(2)29-28-16)10-11-24(32)27-15-18-6-8-19(9-7-18)21-12-13-26-23-14-22(25(3,4)5)30-31(21)23/h12-14,18-19H,6-11,15H2,1-5H3,(H,27,32)(H,28,29). The van der Waals surface area contributed by atoms with Crippen LogP contribution in [0.4, 0.5) is 0 Å². The van der Waals surface area contributed by atoms with Crippen molar-refractivity contribution in [3.63, 3.8) is 0 Å². The summed E-state index contributed by atoms with van der Waals surface area (Å²) in [5.74, 6) is 1.18. The van der Waals surface area contributed by atoms with Gasteiger partial charge < -0.3 is 5.32 Å². The van der Waals surface area contributed by atoms with Crippen LogP contribution < -0.4 is 5.32 Å². The highest BCUT2D eigenvalue weighted by atomic mass is 16.1. The van der Waals surface area contributed by atoms with E-state index in [4.69, 9.17) is 5.10 Å². The fourth-order valence-corrected chi connectivity index (χ4v) is 4.78. The predicted octanol–water partition coefficient (Wildman–Crippen LogP) is 4.39. The highest BCUT2D eigenvalue weighted by molar-refractivity contribution is 5.76. The summed E-state index contributed by atoms with van der Waals surface area (Å²) in [6.07, 6.45) is 7.67.